The van der Waals surface area contributed by atoms with E-state index in [4.69, 9.17) is 9.40 Å². The standard InChI is InChI=1S/C26H31N5O2.2ClH/c1-29-14-15-31(21(17-29)19-6-3-2-4-7-19)26-28-24-20(8-5-9-22(24)33-26)25(32)27-23-16-18-10-12-30(23)13-11-18;;/h2-9,18,21,23H,10-17H2,1H3,(H,27,32);2*1H/t21?,23-;;/m0../s1. The Balaban J connectivity index is 0.00000144. The predicted molar refractivity (Wildman–Crippen MR) is 143 cm³/mol. The minimum atomic E-state index is -0.0593. The van der Waals surface area contributed by atoms with E-state index in [-0.39, 0.29) is 42.9 Å². The predicted octanol–water partition coefficient (Wildman–Crippen LogP) is 4.34. The van der Waals surface area contributed by atoms with Crippen molar-refractivity contribution in [2.45, 2.75) is 31.5 Å². The Bertz CT molecular complexity index is 1150. The third-order valence-electron chi connectivity index (χ3n) is 7.61. The molecule has 2 aromatic carbocycles. The second-order valence-electron chi connectivity index (χ2n) is 9.74. The summed E-state index contributed by atoms with van der Waals surface area (Å²) in [5, 5.41) is 3.27. The van der Waals surface area contributed by atoms with Gasteiger partial charge in [-0.1, -0.05) is 36.4 Å². The molecule has 4 saturated heterocycles. The molecule has 7 rings (SSSR count). The summed E-state index contributed by atoms with van der Waals surface area (Å²) in [4.78, 5) is 25.1. The lowest BCUT2D eigenvalue weighted by Gasteiger charge is -2.45. The number of aromatic nitrogens is 1. The highest BCUT2D eigenvalue weighted by atomic mass is 35.5. The molecule has 1 N–H and O–H groups in total. The summed E-state index contributed by atoms with van der Waals surface area (Å²) in [7, 11) is 2.15. The van der Waals surface area contributed by atoms with E-state index in [9.17, 15) is 4.79 Å². The van der Waals surface area contributed by atoms with E-state index in [1.165, 1.54) is 18.4 Å². The zero-order chi connectivity index (χ0) is 22.4. The van der Waals surface area contributed by atoms with Crippen molar-refractivity contribution in [1.82, 2.24) is 20.1 Å². The van der Waals surface area contributed by atoms with Gasteiger partial charge in [0.15, 0.2) is 5.58 Å². The number of nitrogens with zero attached hydrogens (tertiary/aromatic N) is 4. The number of hydrogen-bond donors (Lipinski definition) is 1. The lowest BCUT2D eigenvalue weighted by atomic mass is 9.86. The van der Waals surface area contributed by atoms with Gasteiger partial charge in [-0.25, -0.2) is 0 Å². The van der Waals surface area contributed by atoms with Gasteiger partial charge in [-0.05, 0) is 49.9 Å². The molecular formula is C26H33Cl2N5O2. The molecule has 4 aliphatic heterocycles. The Hall–Kier alpha value is -2.32. The van der Waals surface area contributed by atoms with Crippen LogP contribution in [-0.2, 0) is 0 Å². The fourth-order valence-corrected chi connectivity index (χ4v) is 5.70. The van der Waals surface area contributed by atoms with Gasteiger partial charge in [-0.15, -0.1) is 24.8 Å². The zero-order valence-electron chi connectivity index (χ0n) is 19.9. The third kappa shape index (κ3) is 5.00. The van der Waals surface area contributed by atoms with Crippen molar-refractivity contribution in [3.8, 4) is 0 Å². The molecule has 0 aliphatic carbocycles. The number of carbonyl (C=O) groups is 1. The Morgan fingerprint density at radius 3 is 2.49 bits per heavy atom. The Morgan fingerprint density at radius 1 is 1.00 bits per heavy atom. The number of benzene rings is 2. The summed E-state index contributed by atoms with van der Waals surface area (Å²) in [5.41, 5.74) is 3.14. The molecule has 2 atom stereocenters. The van der Waals surface area contributed by atoms with Crippen LogP contribution in [0.4, 0.5) is 6.01 Å². The first-order valence-corrected chi connectivity index (χ1v) is 12.1. The summed E-state index contributed by atoms with van der Waals surface area (Å²) in [6, 6.07) is 16.9. The number of para-hydroxylation sites is 1. The monoisotopic (exact) mass is 517 g/mol. The van der Waals surface area contributed by atoms with Crippen molar-refractivity contribution >= 4 is 47.8 Å². The average molecular weight is 518 g/mol. The number of fused-ring (bicyclic) bond motifs is 4. The van der Waals surface area contributed by atoms with E-state index in [2.05, 4.69) is 51.3 Å². The van der Waals surface area contributed by atoms with Crippen molar-refractivity contribution in [3.63, 3.8) is 0 Å². The first-order chi connectivity index (χ1) is 16.2. The van der Waals surface area contributed by atoms with Gasteiger partial charge in [-0.3, -0.25) is 9.69 Å². The van der Waals surface area contributed by atoms with Gasteiger partial charge in [0.2, 0.25) is 0 Å². The normalized spacial score (nSPS) is 26.1. The lowest BCUT2D eigenvalue weighted by molar-refractivity contribution is 0.0295. The van der Waals surface area contributed by atoms with Gasteiger partial charge in [-0.2, -0.15) is 4.98 Å². The summed E-state index contributed by atoms with van der Waals surface area (Å²) >= 11 is 0. The number of amides is 1. The Morgan fingerprint density at radius 2 is 1.77 bits per heavy atom. The van der Waals surface area contributed by atoms with Crippen LogP contribution in [0.5, 0.6) is 0 Å². The number of piperazine rings is 1. The minimum absolute atomic E-state index is 0. The molecule has 7 nitrogen and oxygen atoms in total. The fraction of sp³-hybridized carbons (Fsp3) is 0.462. The molecular weight excluding hydrogens is 485 g/mol. The van der Waals surface area contributed by atoms with Crippen LogP contribution in [0.25, 0.3) is 11.1 Å². The summed E-state index contributed by atoms with van der Waals surface area (Å²) in [6.07, 6.45) is 3.68. The van der Waals surface area contributed by atoms with Gasteiger partial charge in [0, 0.05) is 32.7 Å². The number of carbonyl (C=O) groups excluding carboxylic acids is 1. The highest BCUT2D eigenvalue weighted by Gasteiger charge is 2.35. The van der Waals surface area contributed by atoms with E-state index in [1.807, 2.05) is 24.3 Å². The van der Waals surface area contributed by atoms with Gasteiger partial charge in [0.25, 0.3) is 11.9 Å². The second kappa shape index (κ2) is 10.7. The topological polar surface area (TPSA) is 64.8 Å². The maximum Gasteiger partial charge on any atom is 0.299 e. The smallest absolute Gasteiger partial charge is 0.299 e. The van der Waals surface area contributed by atoms with Crippen molar-refractivity contribution in [2.24, 2.45) is 5.92 Å². The number of nitrogens with one attached hydrogen (secondary N) is 1. The number of likely N-dealkylation sites (N-methyl/N-ethyl adjacent to an activating group) is 1. The molecule has 1 amide bonds. The van der Waals surface area contributed by atoms with Crippen LogP contribution in [0.1, 0.15) is 41.2 Å². The SMILES string of the molecule is CN1CCN(c2nc3c(C(=O)N[C@@H]4CC5CCN4CC5)cccc3o2)C(c2ccccc2)C1.Cl.Cl. The maximum atomic E-state index is 13.3. The number of anilines is 1. The van der Waals surface area contributed by atoms with E-state index in [1.54, 1.807) is 0 Å². The molecule has 4 aliphatic rings. The van der Waals surface area contributed by atoms with Crippen LogP contribution in [0, 0.1) is 5.92 Å². The molecule has 188 valence electrons. The quantitative estimate of drug-likeness (QED) is 0.555. The van der Waals surface area contributed by atoms with Crippen molar-refractivity contribution in [2.75, 3.05) is 44.7 Å². The lowest BCUT2D eigenvalue weighted by Crippen LogP contribution is -2.56. The molecule has 1 aromatic heterocycles. The highest BCUT2D eigenvalue weighted by molar-refractivity contribution is 6.04. The molecule has 35 heavy (non-hydrogen) atoms. The van der Waals surface area contributed by atoms with Crippen LogP contribution in [0.15, 0.2) is 52.9 Å². The third-order valence-corrected chi connectivity index (χ3v) is 7.61. The molecule has 9 heteroatoms. The van der Waals surface area contributed by atoms with Crippen molar-refractivity contribution in [1.29, 1.82) is 0 Å². The maximum absolute atomic E-state index is 13.3. The van der Waals surface area contributed by atoms with Gasteiger partial charge < -0.3 is 19.5 Å². The zero-order valence-corrected chi connectivity index (χ0v) is 21.6. The first-order valence-electron chi connectivity index (χ1n) is 12.1. The Labute approximate surface area is 218 Å². The van der Waals surface area contributed by atoms with Crippen LogP contribution < -0.4 is 10.2 Å². The number of oxazole rings is 1. The van der Waals surface area contributed by atoms with Gasteiger partial charge in [0.1, 0.15) is 5.52 Å². The van der Waals surface area contributed by atoms with Crippen LogP contribution in [0.2, 0.25) is 0 Å². The van der Waals surface area contributed by atoms with Gasteiger partial charge >= 0.3 is 0 Å². The largest absolute Gasteiger partial charge is 0.423 e. The molecule has 5 heterocycles. The molecule has 0 radical (unpaired) electrons. The molecule has 4 fully saturated rings. The van der Waals surface area contributed by atoms with E-state index in [0.29, 0.717) is 22.7 Å². The van der Waals surface area contributed by atoms with Crippen LogP contribution in [0.3, 0.4) is 0 Å². The Kier molecular flexibility index (Phi) is 7.91. The molecule has 2 bridgehead atoms. The van der Waals surface area contributed by atoms with E-state index in [0.717, 1.165) is 45.1 Å². The fourth-order valence-electron chi connectivity index (χ4n) is 5.70. The molecule has 1 unspecified atom stereocenters. The van der Waals surface area contributed by atoms with E-state index < -0.39 is 0 Å². The number of piperidine rings is 3. The average Bonchev–Trinajstić information content (AvgIpc) is 3.29. The molecule has 0 spiro atoms. The first kappa shape index (κ1) is 25.8. The second-order valence-corrected chi connectivity index (χ2v) is 9.74. The van der Waals surface area contributed by atoms with E-state index >= 15 is 0 Å². The summed E-state index contributed by atoms with van der Waals surface area (Å²) in [5.74, 6) is 0.679. The molecule has 3 aromatic rings. The minimum Gasteiger partial charge on any atom is -0.423 e. The number of halogens is 2. The van der Waals surface area contributed by atoms with Crippen LogP contribution in [-0.4, -0.2) is 66.6 Å². The highest BCUT2D eigenvalue weighted by Crippen LogP contribution is 2.34. The summed E-state index contributed by atoms with van der Waals surface area (Å²) in [6.45, 7) is 4.82. The van der Waals surface area contributed by atoms with Crippen molar-refractivity contribution < 1.29 is 9.21 Å². The number of rotatable bonds is 4. The summed E-state index contributed by atoms with van der Waals surface area (Å²) < 4.78 is 6.23. The van der Waals surface area contributed by atoms with Crippen LogP contribution >= 0.6 is 24.8 Å². The molecule has 0 saturated carbocycles. The number of hydrogen-bond acceptors (Lipinski definition) is 6. The van der Waals surface area contributed by atoms with Gasteiger partial charge in [0.05, 0.1) is 17.8 Å². The van der Waals surface area contributed by atoms with Crippen molar-refractivity contribution in [3.05, 3.63) is 59.7 Å².